The summed E-state index contributed by atoms with van der Waals surface area (Å²) in [5.41, 5.74) is 7.41. The molecule has 0 unspecified atom stereocenters. The van der Waals surface area contributed by atoms with E-state index in [0.29, 0.717) is 38.0 Å². The van der Waals surface area contributed by atoms with Crippen LogP contribution >= 0.6 is 34.8 Å². The Balaban J connectivity index is 1.89. The number of benzene rings is 1. The van der Waals surface area contributed by atoms with Crippen molar-refractivity contribution in [3.63, 3.8) is 0 Å². The van der Waals surface area contributed by atoms with Crippen LogP contribution in [0.4, 0.5) is 11.8 Å². The van der Waals surface area contributed by atoms with Gasteiger partial charge in [-0.05, 0) is 18.7 Å². The number of piperazine rings is 1. The molecule has 1 fully saturated rings. The van der Waals surface area contributed by atoms with E-state index in [1.54, 1.807) is 18.3 Å². The van der Waals surface area contributed by atoms with Crippen molar-refractivity contribution in [2.45, 2.75) is 6.92 Å². The van der Waals surface area contributed by atoms with Crippen LogP contribution in [-0.4, -0.2) is 47.6 Å². The lowest BCUT2D eigenvalue weighted by atomic mass is 10.1. The number of nitrogens with zero attached hydrogens (tertiary/aromatic N) is 4. The highest BCUT2D eigenvalue weighted by atomic mass is 35.5. The molecule has 0 aliphatic carbocycles. The first-order valence-electron chi connectivity index (χ1n) is 7.74. The molecule has 2 heterocycles. The molecule has 1 aliphatic heterocycles. The largest absolute Gasteiger partial charge is 0.383 e. The minimum atomic E-state index is 0.359. The predicted molar refractivity (Wildman–Crippen MR) is 101 cm³/mol. The molecule has 0 amide bonds. The van der Waals surface area contributed by atoms with Gasteiger partial charge in [0.05, 0.1) is 10.0 Å². The Labute approximate surface area is 156 Å². The molecule has 2 aromatic rings. The van der Waals surface area contributed by atoms with Crippen LogP contribution in [0.5, 0.6) is 0 Å². The standard InChI is InChI=1S/C16H18Cl3N5/c1-2-23-3-5-24(6-4-23)16-21-9-12(15(20)22-16)11-7-10(17)8-13(18)14(11)19/h7-9H,2-6H2,1H3,(H2,20,21,22). The van der Waals surface area contributed by atoms with Crippen LogP contribution in [-0.2, 0) is 0 Å². The molecule has 3 rings (SSSR count). The van der Waals surface area contributed by atoms with E-state index in [1.807, 2.05) is 0 Å². The van der Waals surface area contributed by atoms with Gasteiger partial charge in [-0.25, -0.2) is 4.98 Å². The average molecular weight is 387 g/mol. The van der Waals surface area contributed by atoms with Crippen molar-refractivity contribution < 1.29 is 0 Å². The van der Waals surface area contributed by atoms with E-state index in [-0.39, 0.29) is 0 Å². The first kappa shape index (κ1) is 17.5. The van der Waals surface area contributed by atoms with E-state index in [9.17, 15) is 0 Å². The number of aromatic nitrogens is 2. The van der Waals surface area contributed by atoms with Crippen LogP contribution < -0.4 is 10.6 Å². The number of hydrogen-bond acceptors (Lipinski definition) is 5. The summed E-state index contributed by atoms with van der Waals surface area (Å²) in [5.74, 6) is 0.995. The summed E-state index contributed by atoms with van der Waals surface area (Å²) in [5, 5.41) is 1.25. The Morgan fingerprint density at radius 1 is 1.08 bits per heavy atom. The minimum Gasteiger partial charge on any atom is -0.383 e. The summed E-state index contributed by atoms with van der Waals surface area (Å²) in [7, 11) is 0. The van der Waals surface area contributed by atoms with Gasteiger partial charge in [0.15, 0.2) is 0 Å². The molecule has 0 bridgehead atoms. The molecule has 8 heteroatoms. The van der Waals surface area contributed by atoms with E-state index < -0.39 is 0 Å². The van der Waals surface area contributed by atoms with Gasteiger partial charge in [0, 0.05) is 48.5 Å². The maximum atomic E-state index is 6.27. The van der Waals surface area contributed by atoms with Crippen LogP contribution in [0, 0.1) is 0 Å². The second-order valence-electron chi connectivity index (χ2n) is 5.64. The molecule has 5 nitrogen and oxygen atoms in total. The van der Waals surface area contributed by atoms with E-state index in [0.717, 1.165) is 32.7 Å². The molecule has 1 aromatic heterocycles. The van der Waals surface area contributed by atoms with Crippen molar-refractivity contribution in [1.29, 1.82) is 0 Å². The summed E-state index contributed by atoms with van der Waals surface area (Å²) in [4.78, 5) is 13.4. The van der Waals surface area contributed by atoms with Crippen LogP contribution in [0.1, 0.15) is 6.92 Å². The fraction of sp³-hybridized carbons (Fsp3) is 0.375. The second-order valence-corrected chi connectivity index (χ2v) is 6.86. The molecule has 0 radical (unpaired) electrons. The molecule has 0 saturated carbocycles. The molecule has 0 atom stereocenters. The highest BCUT2D eigenvalue weighted by molar-refractivity contribution is 6.45. The summed E-state index contributed by atoms with van der Waals surface area (Å²) >= 11 is 18.4. The minimum absolute atomic E-state index is 0.359. The zero-order valence-electron chi connectivity index (χ0n) is 13.3. The van der Waals surface area contributed by atoms with Gasteiger partial charge >= 0.3 is 0 Å². The topological polar surface area (TPSA) is 58.3 Å². The molecule has 2 N–H and O–H groups in total. The number of nitrogen functional groups attached to an aromatic ring is 1. The number of nitrogens with two attached hydrogens (primary N) is 1. The Kier molecular flexibility index (Phi) is 5.35. The van der Waals surface area contributed by atoms with Gasteiger partial charge in [0.1, 0.15) is 5.82 Å². The van der Waals surface area contributed by atoms with E-state index in [4.69, 9.17) is 40.5 Å². The number of anilines is 2. The van der Waals surface area contributed by atoms with Crippen LogP contribution in [0.15, 0.2) is 18.3 Å². The van der Waals surface area contributed by atoms with Crippen molar-refractivity contribution in [1.82, 2.24) is 14.9 Å². The molecule has 24 heavy (non-hydrogen) atoms. The van der Waals surface area contributed by atoms with Crippen LogP contribution in [0.2, 0.25) is 15.1 Å². The summed E-state index contributed by atoms with van der Waals surface area (Å²) < 4.78 is 0. The normalized spacial score (nSPS) is 15.8. The zero-order chi connectivity index (χ0) is 17.3. The Morgan fingerprint density at radius 3 is 2.42 bits per heavy atom. The number of rotatable bonds is 3. The van der Waals surface area contributed by atoms with Crippen LogP contribution in [0.25, 0.3) is 11.1 Å². The SMILES string of the molecule is CCN1CCN(c2ncc(-c3cc(Cl)cc(Cl)c3Cl)c(N)n2)CC1. The smallest absolute Gasteiger partial charge is 0.227 e. The first-order chi connectivity index (χ1) is 11.5. The lowest BCUT2D eigenvalue weighted by Crippen LogP contribution is -2.46. The van der Waals surface area contributed by atoms with Gasteiger partial charge in [-0.2, -0.15) is 4.98 Å². The highest BCUT2D eigenvalue weighted by Crippen LogP contribution is 2.38. The predicted octanol–water partition coefficient (Wildman–Crippen LogP) is 3.83. The van der Waals surface area contributed by atoms with Crippen molar-refractivity contribution in [3.05, 3.63) is 33.4 Å². The van der Waals surface area contributed by atoms with Crippen molar-refractivity contribution in [2.75, 3.05) is 43.4 Å². The van der Waals surface area contributed by atoms with Gasteiger partial charge in [0.2, 0.25) is 5.95 Å². The number of likely N-dealkylation sites (N-methyl/N-ethyl adjacent to an activating group) is 1. The summed E-state index contributed by atoms with van der Waals surface area (Å²) in [6, 6.07) is 3.30. The maximum absolute atomic E-state index is 6.27. The van der Waals surface area contributed by atoms with E-state index >= 15 is 0 Å². The highest BCUT2D eigenvalue weighted by Gasteiger charge is 2.20. The zero-order valence-corrected chi connectivity index (χ0v) is 15.5. The third kappa shape index (κ3) is 3.54. The third-order valence-electron chi connectivity index (χ3n) is 4.19. The first-order valence-corrected chi connectivity index (χ1v) is 8.87. The van der Waals surface area contributed by atoms with Gasteiger partial charge in [0.25, 0.3) is 0 Å². The number of halogens is 3. The summed E-state index contributed by atoms with van der Waals surface area (Å²) in [6.07, 6.45) is 1.68. The number of hydrogen-bond donors (Lipinski definition) is 1. The van der Waals surface area contributed by atoms with Crippen LogP contribution in [0.3, 0.4) is 0 Å². The fourth-order valence-electron chi connectivity index (χ4n) is 2.76. The molecule has 1 aliphatic rings. The fourth-order valence-corrected chi connectivity index (χ4v) is 3.47. The Hall–Kier alpha value is -1.27. The maximum Gasteiger partial charge on any atom is 0.227 e. The van der Waals surface area contributed by atoms with Crippen molar-refractivity contribution in [2.24, 2.45) is 0 Å². The second kappa shape index (κ2) is 7.31. The van der Waals surface area contributed by atoms with Gasteiger partial charge in [-0.15, -0.1) is 0 Å². The summed E-state index contributed by atoms with van der Waals surface area (Å²) in [6.45, 7) is 6.99. The Morgan fingerprint density at radius 2 is 1.79 bits per heavy atom. The monoisotopic (exact) mass is 385 g/mol. The average Bonchev–Trinajstić information content (AvgIpc) is 2.58. The third-order valence-corrected chi connectivity index (χ3v) is 5.21. The van der Waals surface area contributed by atoms with Gasteiger partial charge in [-0.1, -0.05) is 41.7 Å². The quantitative estimate of drug-likeness (QED) is 0.812. The molecule has 1 saturated heterocycles. The van der Waals surface area contributed by atoms with E-state index in [2.05, 4.69) is 26.7 Å². The molecular formula is C16H18Cl3N5. The van der Waals surface area contributed by atoms with Gasteiger partial charge < -0.3 is 15.5 Å². The van der Waals surface area contributed by atoms with Crippen molar-refractivity contribution in [3.8, 4) is 11.1 Å². The van der Waals surface area contributed by atoms with Gasteiger partial charge in [-0.3, -0.25) is 0 Å². The van der Waals surface area contributed by atoms with E-state index in [1.165, 1.54) is 0 Å². The molecule has 128 valence electrons. The molecule has 0 spiro atoms. The lowest BCUT2D eigenvalue weighted by Gasteiger charge is -2.34. The molecular weight excluding hydrogens is 369 g/mol. The van der Waals surface area contributed by atoms with Crippen molar-refractivity contribution >= 4 is 46.6 Å². The Bertz CT molecular complexity index is 745. The molecule has 1 aromatic carbocycles. The lowest BCUT2D eigenvalue weighted by molar-refractivity contribution is 0.270.